The number of hydrogen-bond donors (Lipinski definition) is 1. The molecule has 0 heterocycles. The van der Waals surface area contributed by atoms with E-state index in [1.807, 2.05) is 6.07 Å². The lowest BCUT2D eigenvalue weighted by molar-refractivity contribution is -0.123. The van der Waals surface area contributed by atoms with E-state index in [1.165, 1.54) is 26.2 Å². The molecular formula is C18H15FN2O4. The van der Waals surface area contributed by atoms with Crippen molar-refractivity contribution in [2.75, 3.05) is 12.4 Å². The number of ether oxygens (including phenoxy) is 2. The molecule has 0 fully saturated rings. The summed E-state index contributed by atoms with van der Waals surface area (Å²) < 4.78 is 23.4. The van der Waals surface area contributed by atoms with E-state index in [4.69, 9.17) is 14.7 Å². The molecule has 0 aliphatic rings. The van der Waals surface area contributed by atoms with Crippen LogP contribution in [0.1, 0.15) is 22.8 Å². The van der Waals surface area contributed by atoms with Crippen molar-refractivity contribution in [3.05, 3.63) is 59.4 Å². The van der Waals surface area contributed by atoms with E-state index >= 15 is 0 Å². The number of carbonyl (C=O) groups is 2. The second-order valence-electron chi connectivity index (χ2n) is 5.08. The summed E-state index contributed by atoms with van der Waals surface area (Å²) in [6.45, 7) is 1.40. The van der Waals surface area contributed by atoms with Crippen LogP contribution in [0.3, 0.4) is 0 Å². The maximum absolute atomic E-state index is 13.6. The molecule has 6 nitrogen and oxygen atoms in total. The van der Waals surface area contributed by atoms with E-state index in [9.17, 15) is 14.0 Å². The van der Waals surface area contributed by atoms with Crippen LogP contribution in [0, 0.1) is 17.1 Å². The summed E-state index contributed by atoms with van der Waals surface area (Å²) in [5.41, 5.74) is 0.887. The smallest absolute Gasteiger partial charge is 0.339 e. The Morgan fingerprint density at radius 1 is 1.20 bits per heavy atom. The molecule has 1 atom stereocenters. The van der Waals surface area contributed by atoms with Crippen LogP contribution in [0.25, 0.3) is 0 Å². The van der Waals surface area contributed by atoms with Crippen LogP contribution in [0.4, 0.5) is 10.1 Å². The Kier molecular flexibility index (Phi) is 5.69. The second-order valence-corrected chi connectivity index (χ2v) is 5.08. The average molecular weight is 342 g/mol. The fourth-order valence-corrected chi connectivity index (χ4v) is 1.95. The molecule has 2 aromatic carbocycles. The number of amides is 1. The zero-order valence-electron chi connectivity index (χ0n) is 13.6. The number of nitrogens with one attached hydrogen (secondary N) is 1. The molecule has 0 aliphatic heterocycles. The maximum Gasteiger partial charge on any atom is 0.339 e. The van der Waals surface area contributed by atoms with Crippen LogP contribution in [-0.4, -0.2) is 25.1 Å². The van der Waals surface area contributed by atoms with Crippen LogP contribution >= 0.6 is 0 Å². The Balaban J connectivity index is 1.98. The third-order valence-corrected chi connectivity index (χ3v) is 3.32. The number of halogens is 1. The highest BCUT2D eigenvalue weighted by Crippen LogP contribution is 2.18. The van der Waals surface area contributed by atoms with Gasteiger partial charge < -0.3 is 14.8 Å². The molecule has 0 aliphatic carbocycles. The number of nitrogens with zero attached hydrogens (tertiary/aromatic N) is 1. The molecule has 0 aromatic heterocycles. The summed E-state index contributed by atoms with van der Waals surface area (Å²) in [6.07, 6.45) is -1.09. The first-order valence-corrected chi connectivity index (χ1v) is 7.30. The topological polar surface area (TPSA) is 88.4 Å². The van der Waals surface area contributed by atoms with Gasteiger partial charge in [0, 0.05) is 5.69 Å². The Labute approximate surface area is 143 Å². The van der Waals surface area contributed by atoms with Gasteiger partial charge in [0.15, 0.2) is 17.7 Å². The normalized spacial score (nSPS) is 11.1. The minimum absolute atomic E-state index is 0.00292. The molecule has 0 spiro atoms. The minimum atomic E-state index is -1.09. The zero-order chi connectivity index (χ0) is 18.4. The van der Waals surface area contributed by atoms with Crippen LogP contribution in [-0.2, 0) is 9.53 Å². The van der Waals surface area contributed by atoms with Crippen molar-refractivity contribution in [1.29, 1.82) is 5.26 Å². The number of methoxy groups -OCH3 is 1. The van der Waals surface area contributed by atoms with Crippen LogP contribution < -0.4 is 10.1 Å². The Morgan fingerprint density at radius 3 is 2.44 bits per heavy atom. The number of esters is 1. The van der Waals surface area contributed by atoms with Crippen molar-refractivity contribution in [2.24, 2.45) is 0 Å². The van der Waals surface area contributed by atoms with Gasteiger partial charge >= 0.3 is 5.97 Å². The second kappa shape index (κ2) is 7.93. The van der Waals surface area contributed by atoms with Crippen molar-refractivity contribution < 1.29 is 23.5 Å². The largest absolute Gasteiger partial charge is 0.494 e. The first-order valence-electron chi connectivity index (χ1n) is 7.30. The van der Waals surface area contributed by atoms with Gasteiger partial charge in [-0.3, -0.25) is 4.79 Å². The third kappa shape index (κ3) is 4.54. The lowest BCUT2D eigenvalue weighted by Crippen LogP contribution is -2.30. The Bertz CT molecular complexity index is 828. The molecule has 2 aromatic rings. The van der Waals surface area contributed by atoms with Crippen molar-refractivity contribution in [3.63, 3.8) is 0 Å². The summed E-state index contributed by atoms with van der Waals surface area (Å²) in [6, 6.07) is 11.8. The monoisotopic (exact) mass is 342 g/mol. The van der Waals surface area contributed by atoms with Gasteiger partial charge in [0.1, 0.15) is 0 Å². The van der Waals surface area contributed by atoms with E-state index in [0.29, 0.717) is 11.3 Å². The van der Waals surface area contributed by atoms with E-state index in [2.05, 4.69) is 5.32 Å². The summed E-state index contributed by atoms with van der Waals surface area (Å²) in [5, 5.41) is 11.3. The van der Waals surface area contributed by atoms with Crippen molar-refractivity contribution in [2.45, 2.75) is 13.0 Å². The first-order chi connectivity index (χ1) is 11.9. The van der Waals surface area contributed by atoms with Crippen LogP contribution in [0.2, 0.25) is 0 Å². The molecule has 0 radical (unpaired) electrons. The van der Waals surface area contributed by atoms with Crippen molar-refractivity contribution in [3.8, 4) is 11.8 Å². The predicted octanol–water partition coefficient (Wildman–Crippen LogP) is 2.89. The van der Waals surface area contributed by atoms with E-state index in [1.54, 1.807) is 24.3 Å². The molecule has 25 heavy (non-hydrogen) atoms. The SMILES string of the molecule is COc1ccc(C(=O)O[C@H](C)C(=O)Nc2ccc(C#N)cc2)cc1F. The number of rotatable bonds is 5. The maximum atomic E-state index is 13.6. The van der Waals surface area contributed by atoms with Gasteiger partial charge in [-0.1, -0.05) is 0 Å². The molecule has 0 saturated carbocycles. The van der Waals surface area contributed by atoms with Crippen LogP contribution in [0.5, 0.6) is 5.75 Å². The predicted molar refractivity (Wildman–Crippen MR) is 87.6 cm³/mol. The molecule has 0 unspecified atom stereocenters. The number of carbonyl (C=O) groups excluding carboxylic acids is 2. The highest BCUT2D eigenvalue weighted by atomic mass is 19.1. The lowest BCUT2D eigenvalue weighted by atomic mass is 10.2. The summed E-state index contributed by atoms with van der Waals surface area (Å²) in [7, 11) is 1.31. The first kappa shape index (κ1) is 17.9. The average Bonchev–Trinajstić information content (AvgIpc) is 2.62. The van der Waals surface area contributed by atoms with Gasteiger partial charge in [-0.15, -0.1) is 0 Å². The lowest BCUT2D eigenvalue weighted by Gasteiger charge is -2.14. The number of nitriles is 1. The Morgan fingerprint density at radius 2 is 1.88 bits per heavy atom. The fourth-order valence-electron chi connectivity index (χ4n) is 1.95. The summed E-state index contributed by atoms with van der Waals surface area (Å²) in [5.74, 6) is -2.08. The van der Waals surface area contributed by atoms with E-state index in [0.717, 1.165) is 6.07 Å². The molecular weight excluding hydrogens is 327 g/mol. The fraction of sp³-hybridized carbons (Fsp3) is 0.167. The van der Waals surface area contributed by atoms with Gasteiger partial charge in [-0.2, -0.15) is 5.26 Å². The molecule has 1 N–H and O–H groups in total. The van der Waals surface area contributed by atoms with E-state index < -0.39 is 23.8 Å². The van der Waals surface area contributed by atoms with Crippen molar-refractivity contribution >= 4 is 17.6 Å². The number of hydrogen-bond acceptors (Lipinski definition) is 5. The highest BCUT2D eigenvalue weighted by molar-refractivity contribution is 5.97. The molecule has 2 rings (SSSR count). The third-order valence-electron chi connectivity index (χ3n) is 3.32. The molecule has 128 valence electrons. The van der Waals surface area contributed by atoms with Gasteiger partial charge in [-0.25, -0.2) is 9.18 Å². The van der Waals surface area contributed by atoms with Gasteiger partial charge in [0.05, 0.1) is 24.3 Å². The number of benzene rings is 2. The zero-order valence-corrected chi connectivity index (χ0v) is 13.6. The Hall–Kier alpha value is -3.40. The highest BCUT2D eigenvalue weighted by Gasteiger charge is 2.20. The molecule has 0 bridgehead atoms. The van der Waals surface area contributed by atoms with Gasteiger partial charge in [0.2, 0.25) is 0 Å². The molecule has 1 amide bonds. The van der Waals surface area contributed by atoms with Crippen molar-refractivity contribution in [1.82, 2.24) is 0 Å². The van der Waals surface area contributed by atoms with E-state index in [-0.39, 0.29) is 11.3 Å². The summed E-state index contributed by atoms with van der Waals surface area (Å²) >= 11 is 0. The quantitative estimate of drug-likeness (QED) is 0.844. The molecule has 0 saturated heterocycles. The number of anilines is 1. The minimum Gasteiger partial charge on any atom is -0.494 e. The van der Waals surface area contributed by atoms with Gasteiger partial charge in [-0.05, 0) is 49.4 Å². The molecule has 7 heteroatoms. The standard InChI is InChI=1S/C18H15FN2O4/c1-11(17(22)21-14-6-3-12(10-20)4-7-14)25-18(23)13-5-8-16(24-2)15(19)9-13/h3-9,11H,1-2H3,(H,21,22)/t11-/m1/s1. The van der Waals surface area contributed by atoms with Gasteiger partial charge in [0.25, 0.3) is 5.91 Å². The van der Waals surface area contributed by atoms with Crippen LogP contribution in [0.15, 0.2) is 42.5 Å². The summed E-state index contributed by atoms with van der Waals surface area (Å²) in [4.78, 5) is 24.1.